The molecule has 0 bridgehead atoms. The topological polar surface area (TPSA) is 54.0 Å². The van der Waals surface area contributed by atoms with Crippen LogP contribution in [0.1, 0.15) is 43.9 Å². The highest BCUT2D eigenvalue weighted by Gasteiger charge is 2.41. The van der Waals surface area contributed by atoms with Gasteiger partial charge in [0.05, 0.1) is 23.0 Å². The van der Waals surface area contributed by atoms with E-state index < -0.39 is 0 Å². The summed E-state index contributed by atoms with van der Waals surface area (Å²) in [5.74, 6) is 0. The van der Waals surface area contributed by atoms with Crippen molar-refractivity contribution < 1.29 is 0 Å². The van der Waals surface area contributed by atoms with Crippen LogP contribution in [-0.2, 0) is 5.41 Å². The molecule has 0 saturated heterocycles. The van der Waals surface area contributed by atoms with Crippen molar-refractivity contribution in [3.8, 4) is 6.07 Å². The van der Waals surface area contributed by atoms with Crippen LogP contribution in [0.2, 0.25) is 0 Å². The van der Waals surface area contributed by atoms with E-state index in [9.17, 15) is 5.26 Å². The van der Waals surface area contributed by atoms with Crippen LogP contribution in [0.3, 0.4) is 0 Å². The van der Waals surface area contributed by atoms with E-state index in [1.165, 1.54) is 6.42 Å². The van der Waals surface area contributed by atoms with Crippen LogP contribution < -0.4 is 0 Å². The van der Waals surface area contributed by atoms with Crippen LogP contribution >= 0.6 is 0 Å². The van der Waals surface area contributed by atoms with E-state index in [0.29, 0.717) is 0 Å². The summed E-state index contributed by atoms with van der Waals surface area (Å²) in [5.41, 5.74) is 2.92. The van der Waals surface area contributed by atoms with Gasteiger partial charge in [0.15, 0.2) is 0 Å². The summed E-state index contributed by atoms with van der Waals surface area (Å²) in [7, 11) is 0. The molecule has 2 heterocycles. The van der Waals surface area contributed by atoms with Gasteiger partial charge in [0.2, 0.25) is 0 Å². The molecule has 2 aromatic heterocycles. The van der Waals surface area contributed by atoms with Gasteiger partial charge in [0, 0.05) is 5.41 Å². The molecule has 4 heteroatoms. The van der Waals surface area contributed by atoms with Crippen LogP contribution in [0.25, 0.3) is 5.52 Å². The van der Waals surface area contributed by atoms with E-state index in [1.54, 1.807) is 12.5 Å². The molecule has 0 N–H and O–H groups in total. The molecule has 0 amide bonds. The predicted molar refractivity (Wildman–Crippen MR) is 63.5 cm³/mol. The minimum atomic E-state index is 0.159. The van der Waals surface area contributed by atoms with Gasteiger partial charge in [-0.3, -0.25) is 0 Å². The Morgan fingerprint density at radius 1 is 1.53 bits per heavy atom. The Morgan fingerprint density at radius 2 is 2.35 bits per heavy atom. The van der Waals surface area contributed by atoms with Crippen LogP contribution in [0.4, 0.5) is 0 Å². The number of nitrogens with zero attached hydrogens (tertiary/aromatic N) is 4. The lowest BCUT2D eigenvalue weighted by Crippen LogP contribution is -2.35. The monoisotopic (exact) mass is 226 g/mol. The minimum absolute atomic E-state index is 0.159. The lowest BCUT2D eigenvalue weighted by molar-refractivity contribution is 0.224. The number of rotatable bonds is 2. The van der Waals surface area contributed by atoms with Gasteiger partial charge in [-0.05, 0) is 25.3 Å². The van der Waals surface area contributed by atoms with Gasteiger partial charge in [0.25, 0.3) is 0 Å². The molecule has 1 fully saturated rings. The molecule has 0 aliphatic heterocycles. The zero-order valence-corrected chi connectivity index (χ0v) is 9.85. The zero-order valence-electron chi connectivity index (χ0n) is 9.85. The van der Waals surface area contributed by atoms with Crippen LogP contribution in [0, 0.1) is 11.3 Å². The summed E-state index contributed by atoms with van der Waals surface area (Å²) in [6, 6.07) is 4.20. The summed E-state index contributed by atoms with van der Waals surface area (Å²) < 4.78 is 1.90. The molecule has 17 heavy (non-hydrogen) atoms. The number of hydrogen-bond acceptors (Lipinski definition) is 3. The van der Waals surface area contributed by atoms with E-state index >= 15 is 0 Å². The first-order valence-electron chi connectivity index (χ1n) is 6.03. The highest BCUT2D eigenvalue weighted by molar-refractivity contribution is 5.57. The second-order valence-electron chi connectivity index (χ2n) is 4.75. The van der Waals surface area contributed by atoms with Crippen LogP contribution in [0.5, 0.6) is 0 Å². The van der Waals surface area contributed by atoms with E-state index in [4.69, 9.17) is 0 Å². The van der Waals surface area contributed by atoms with Gasteiger partial charge in [-0.1, -0.05) is 13.3 Å². The molecule has 1 aliphatic rings. The zero-order chi connectivity index (χ0) is 11.9. The fourth-order valence-corrected chi connectivity index (χ4v) is 2.88. The molecule has 2 aromatic rings. The van der Waals surface area contributed by atoms with Crippen molar-refractivity contribution in [1.29, 1.82) is 5.26 Å². The second-order valence-corrected chi connectivity index (χ2v) is 4.75. The highest BCUT2D eigenvalue weighted by atomic mass is 15.2. The Kier molecular flexibility index (Phi) is 2.15. The number of nitriles is 1. The molecule has 1 aliphatic carbocycles. The molecule has 0 aromatic carbocycles. The molecule has 4 nitrogen and oxygen atoms in total. The summed E-state index contributed by atoms with van der Waals surface area (Å²) in [4.78, 5) is 4.01. The number of fused-ring (bicyclic) bond motifs is 1. The summed E-state index contributed by atoms with van der Waals surface area (Å²) in [5, 5.41) is 13.6. The van der Waals surface area contributed by atoms with Gasteiger partial charge >= 0.3 is 0 Å². The standard InChI is InChI=1S/C13H14N4/c1-2-13(4-3-5-13)12-10(7-14)6-11-8-15-9-16-17(11)12/h6,8-9H,2-5H2,1H3. The summed E-state index contributed by atoms with van der Waals surface area (Å²) in [6.45, 7) is 2.20. The highest BCUT2D eigenvalue weighted by Crippen LogP contribution is 2.47. The minimum Gasteiger partial charge on any atom is -0.241 e. The van der Waals surface area contributed by atoms with Gasteiger partial charge in [-0.25, -0.2) is 9.50 Å². The van der Waals surface area contributed by atoms with Gasteiger partial charge < -0.3 is 0 Å². The van der Waals surface area contributed by atoms with Crippen molar-refractivity contribution in [1.82, 2.24) is 14.6 Å². The summed E-state index contributed by atoms with van der Waals surface area (Å²) >= 11 is 0. The molecular formula is C13H14N4. The maximum atomic E-state index is 9.29. The van der Waals surface area contributed by atoms with Crippen molar-refractivity contribution in [2.24, 2.45) is 0 Å². The molecular weight excluding hydrogens is 212 g/mol. The Hall–Kier alpha value is -1.89. The Bertz CT molecular complexity index is 596. The first-order valence-corrected chi connectivity index (χ1v) is 6.03. The molecule has 1 saturated carbocycles. The Balaban J connectivity index is 2.30. The Morgan fingerprint density at radius 3 is 2.94 bits per heavy atom. The molecule has 0 spiro atoms. The molecule has 86 valence electrons. The predicted octanol–water partition coefficient (Wildman–Crippen LogP) is 2.43. The van der Waals surface area contributed by atoms with Crippen molar-refractivity contribution in [3.63, 3.8) is 0 Å². The molecule has 0 atom stereocenters. The summed E-state index contributed by atoms with van der Waals surface area (Å²) in [6.07, 6.45) is 7.94. The van der Waals surface area contributed by atoms with E-state index in [-0.39, 0.29) is 5.41 Å². The van der Waals surface area contributed by atoms with Gasteiger partial charge in [0.1, 0.15) is 12.4 Å². The average molecular weight is 226 g/mol. The van der Waals surface area contributed by atoms with Crippen molar-refractivity contribution in [2.45, 2.75) is 38.0 Å². The number of hydrogen-bond donors (Lipinski definition) is 0. The maximum Gasteiger partial charge on any atom is 0.136 e. The van der Waals surface area contributed by atoms with Crippen molar-refractivity contribution in [2.75, 3.05) is 0 Å². The first kappa shape index (κ1) is 10.3. The van der Waals surface area contributed by atoms with E-state index in [0.717, 1.165) is 36.0 Å². The van der Waals surface area contributed by atoms with Crippen molar-refractivity contribution >= 4 is 5.52 Å². The normalized spacial score (nSPS) is 17.6. The quantitative estimate of drug-likeness (QED) is 0.790. The van der Waals surface area contributed by atoms with Crippen LogP contribution in [-0.4, -0.2) is 14.6 Å². The van der Waals surface area contributed by atoms with Crippen molar-refractivity contribution in [3.05, 3.63) is 29.8 Å². The third-order valence-corrected chi connectivity index (χ3v) is 4.05. The lowest BCUT2D eigenvalue weighted by Gasteiger charge is -2.41. The van der Waals surface area contributed by atoms with E-state index in [2.05, 4.69) is 23.1 Å². The third kappa shape index (κ3) is 1.29. The van der Waals surface area contributed by atoms with E-state index in [1.807, 2.05) is 10.6 Å². The fraction of sp³-hybridized carbons (Fsp3) is 0.462. The van der Waals surface area contributed by atoms with Gasteiger partial charge in [-0.2, -0.15) is 10.4 Å². The first-order chi connectivity index (χ1) is 8.30. The SMILES string of the molecule is CCC1(c2c(C#N)cc3cncnn23)CCC1. The average Bonchev–Trinajstić information content (AvgIpc) is 2.68. The lowest BCUT2D eigenvalue weighted by atomic mass is 9.64. The van der Waals surface area contributed by atoms with Gasteiger partial charge in [-0.15, -0.1) is 0 Å². The maximum absolute atomic E-state index is 9.29. The second kappa shape index (κ2) is 3.56. The smallest absolute Gasteiger partial charge is 0.136 e. The molecule has 0 radical (unpaired) electrons. The number of aromatic nitrogens is 3. The Labute approximate surface area is 99.9 Å². The largest absolute Gasteiger partial charge is 0.241 e. The molecule has 3 rings (SSSR count). The third-order valence-electron chi connectivity index (χ3n) is 4.05. The van der Waals surface area contributed by atoms with Crippen LogP contribution in [0.15, 0.2) is 18.6 Å². The fourth-order valence-electron chi connectivity index (χ4n) is 2.88. The molecule has 0 unspecified atom stereocenters.